The van der Waals surface area contributed by atoms with Crippen molar-refractivity contribution in [2.75, 3.05) is 13.6 Å². The molecule has 1 amide bonds. The first-order chi connectivity index (χ1) is 11.6. The number of guanidine groups is 1. The molecule has 0 unspecified atom stereocenters. The van der Waals surface area contributed by atoms with E-state index in [1.807, 2.05) is 6.07 Å². The van der Waals surface area contributed by atoms with Gasteiger partial charge in [-0.15, -0.1) is 0 Å². The zero-order valence-electron chi connectivity index (χ0n) is 14.9. The van der Waals surface area contributed by atoms with Gasteiger partial charge in [-0.05, 0) is 18.8 Å². The molecule has 134 valence electrons. The second-order valence-electron chi connectivity index (χ2n) is 6.52. The van der Waals surface area contributed by atoms with E-state index in [9.17, 15) is 4.79 Å². The number of carbonyl (C=O) groups excluding carboxylic acids is 1. The van der Waals surface area contributed by atoms with Crippen LogP contribution in [0.2, 0.25) is 0 Å². The maximum absolute atomic E-state index is 11.9. The van der Waals surface area contributed by atoms with Crippen LogP contribution in [-0.4, -0.2) is 36.7 Å². The zero-order valence-corrected chi connectivity index (χ0v) is 14.9. The van der Waals surface area contributed by atoms with Crippen LogP contribution >= 0.6 is 0 Å². The monoisotopic (exact) mass is 335 g/mol. The molecule has 0 aliphatic heterocycles. The number of rotatable bonds is 7. The van der Waals surface area contributed by atoms with Gasteiger partial charge >= 0.3 is 0 Å². The molecule has 1 aromatic rings. The SMILES string of the molecule is CN=C(NCCC(=O)NC1CCCC1)NCc1cc(C(C)C)no1. The van der Waals surface area contributed by atoms with Crippen molar-refractivity contribution < 1.29 is 9.32 Å². The highest BCUT2D eigenvalue weighted by atomic mass is 16.5. The Morgan fingerprint density at radius 3 is 2.75 bits per heavy atom. The summed E-state index contributed by atoms with van der Waals surface area (Å²) in [7, 11) is 1.70. The van der Waals surface area contributed by atoms with Crippen LogP contribution in [-0.2, 0) is 11.3 Å². The smallest absolute Gasteiger partial charge is 0.221 e. The molecule has 1 aromatic heterocycles. The van der Waals surface area contributed by atoms with E-state index in [0.717, 1.165) is 24.3 Å². The Kier molecular flexibility index (Phi) is 7.08. The number of aliphatic imine (C=N–C) groups is 1. The Morgan fingerprint density at radius 1 is 1.38 bits per heavy atom. The molecule has 24 heavy (non-hydrogen) atoms. The van der Waals surface area contributed by atoms with Gasteiger partial charge in [0.1, 0.15) is 0 Å². The summed E-state index contributed by atoms with van der Waals surface area (Å²) in [4.78, 5) is 16.0. The van der Waals surface area contributed by atoms with Crippen molar-refractivity contribution >= 4 is 11.9 Å². The summed E-state index contributed by atoms with van der Waals surface area (Å²) in [6.07, 6.45) is 5.10. The zero-order chi connectivity index (χ0) is 17.4. The molecule has 7 heteroatoms. The van der Waals surface area contributed by atoms with Crippen LogP contribution in [0.1, 0.15) is 63.3 Å². The van der Waals surface area contributed by atoms with Crippen LogP contribution in [0, 0.1) is 0 Å². The topological polar surface area (TPSA) is 91.5 Å². The fraction of sp³-hybridized carbons (Fsp3) is 0.706. The molecular weight excluding hydrogens is 306 g/mol. The van der Waals surface area contributed by atoms with Gasteiger partial charge in [-0.25, -0.2) is 0 Å². The molecule has 1 heterocycles. The highest BCUT2D eigenvalue weighted by Gasteiger charge is 2.16. The summed E-state index contributed by atoms with van der Waals surface area (Å²) in [6.45, 7) is 5.21. The fourth-order valence-electron chi connectivity index (χ4n) is 2.74. The Bertz CT molecular complexity index is 547. The van der Waals surface area contributed by atoms with Crippen molar-refractivity contribution in [3.63, 3.8) is 0 Å². The van der Waals surface area contributed by atoms with Gasteiger partial charge in [-0.2, -0.15) is 0 Å². The van der Waals surface area contributed by atoms with E-state index in [-0.39, 0.29) is 5.91 Å². The predicted octanol–water partition coefficient (Wildman–Crippen LogP) is 1.91. The van der Waals surface area contributed by atoms with Gasteiger partial charge in [0, 0.05) is 32.1 Å². The van der Waals surface area contributed by atoms with Crippen LogP contribution in [0.4, 0.5) is 0 Å². The van der Waals surface area contributed by atoms with Crippen molar-refractivity contribution in [2.24, 2.45) is 4.99 Å². The molecule has 7 nitrogen and oxygen atoms in total. The lowest BCUT2D eigenvalue weighted by Gasteiger charge is -2.13. The first-order valence-electron chi connectivity index (χ1n) is 8.78. The summed E-state index contributed by atoms with van der Waals surface area (Å²) in [5.74, 6) is 1.85. The van der Waals surface area contributed by atoms with Gasteiger partial charge in [0.05, 0.1) is 12.2 Å². The molecule has 1 saturated carbocycles. The van der Waals surface area contributed by atoms with E-state index < -0.39 is 0 Å². The van der Waals surface area contributed by atoms with E-state index in [2.05, 4.69) is 39.9 Å². The third-order valence-corrected chi connectivity index (χ3v) is 4.19. The Balaban J connectivity index is 1.65. The van der Waals surface area contributed by atoms with Crippen molar-refractivity contribution in [1.82, 2.24) is 21.1 Å². The number of amides is 1. The average molecular weight is 335 g/mol. The molecule has 0 spiro atoms. The fourth-order valence-corrected chi connectivity index (χ4v) is 2.74. The summed E-state index contributed by atoms with van der Waals surface area (Å²) in [5, 5.41) is 13.4. The van der Waals surface area contributed by atoms with E-state index in [0.29, 0.717) is 37.4 Å². The highest BCUT2D eigenvalue weighted by molar-refractivity contribution is 5.81. The van der Waals surface area contributed by atoms with Crippen molar-refractivity contribution in [2.45, 2.75) is 64.5 Å². The van der Waals surface area contributed by atoms with Gasteiger partial charge in [0.2, 0.25) is 5.91 Å². The lowest BCUT2D eigenvalue weighted by molar-refractivity contribution is -0.121. The van der Waals surface area contributed by atoms with E-state index >= 15 is 0 Å². The Morgan fingerprint density at radius 2 is 2.12 bits per heavy atom. The van der Waals surface area contributed by atoms with Crippen LogP contribution < -0.4 is 16.0 Å². The molecule has 1 fully saturated rings. The van der Waals surface area contributed by atoms with Crippen LogP contribution in [0.25, 0.3) is 0 Å². The highest BCUT2D eigenvalue weighted by Crippen LogP contribution is 2.17. The summed E-state index contributed by atoms with van der Waals surface area (Å²) in [6, 6.07) is 2.32. The summed E-state index contributed by atoms with van der Waals surface area (Å²) in [5.41, 5.74) is 0.943. The molecular formula is C17H29N5O2. The van der Waals surface area contributed by atoms with Gasteiger partial charge in [0.15, 0.2) is 11.7 Å². The second-order valence-corrected chi connectivity index (χ2v) is 6.52. The van der Waals surface area contributed by atoms with Gasteiger partial charge in [0.25, 0.3) is 0 Å². The minimum absolute atomic E-state index is 0.0988. The van der Waals surface area contributed by atoms with Crippen molar-refractivity contribution in [3.8, 4) is 0 Å². The molecule has 0 saturated heterocycles. The molecule has 0 radical (unpaired) electrons. The molecule has 1 aliphatic rings. The predicted molar refractivity (Wildman–Crippen MR) is 93.8 cm³/mol. The summed E-state index contributed by atoms with van der Waals surface area (Å²) >= 11 is 0. The third kappa shape index (κ3) is 5.86. The van der Waals surface area contributed by atoms with Gasteiger partial charge in [-0.1, -0.05) is 31.8 Å². The molecule has 2 rings (SSSR count). The molecule has 1 aliphatic carbocycles. The molecule has 0 aromatic carbocycles. The second kappa shape index (κ2) is 9.30. The lowest BCUT2D eigenvalue weighted by Crippen LogP contribution is -2.40. The third-order valence-electron chi connectivity index (χ3n) is 4.19. The lowest BCUT2D eigenvalue weighted by atomic mass is 10.1. The molecule has 0 atom stereocenters. The largest absolute Gasteiger partial charge is 0.359 e. The Hall–Kier alpha value is -2.05. The number of nitrogens with one attached hydrogen (secondary N) is 3. The quantitative estimate of drug-likeness (QED) is 0.523. The number of nitrogens with zero attached hydrogens (tertiary/aromatic N) is 2. The number of aromatic nitrogens is 1. The minimum atomic E-state index is 0.0988. The summed E-state index contributed by atoms with van der Waals surface area (Å²) < 4.78 is 5.28. The number of hydrogen-bond donors (Lipinski definition) is 3. The number of hydrogen-bond acceptors (Lipinski definition) is 4. The van der Waals surface area contributed by atoms with Crippen molar-refractivity contribution in [3.05, 3.63) is 17.5 Å². The maximum atomic E-state index is 11.9. The maximum Gasteiger partial charge on any atom is 0.221 e. The standard InChI is InChI=1S/C17H29N5O2/c1-12(2)15-10-14(24-22-15)11-20-17(18-3)19-9-8-16(23)21-13-6-4-5-7-13/h10,12-13H,4-9,11H2,1-3H3,(H,21,23)(H2,18,19,20). The molecule has 0 bridgehead atoms. The van der Waals surface area contributed by atoms with Crippen LogP contribution in [0.15, 0.2) is 15.6 Å². The normalized spacial score (nSPS) is 15.8. The Labute approximate surface area is 143 Å². The first kappa shape index (κ1) is 18.3. The minimum Gasteiger partial charge on any atom is -0.359 e. The first-order valence-corrected chi connectivity index (χ1v) is 8.78. The van der Waals surface area contributed by atoms with E-state index in [1.54, 1.807) is 7.05 Å². The van der Waals surface area contributed by atoms with E-state index in [1.165, 1.54) is 12.8 Å². The van der Waals surface area contributed by atoms with Gasteiger partial charge in [-0.3, -0.25) is 9.79 Å². The van der Waals surface area contributed by atoms with Crippen LogP contribution in [0.3, 0.4) is 0 Å². The van der Waals surface area contributed by atoms with Crippen LogP contribution in [0.5, 0.6) is 0 Å². The van der Waals surface area contributed by atoms with E-state index in [4.69, 9.17) is 4.52 Å². The molecule has 3 N–H and O–H groups in total. The van der Waals surface area contributed by atoms with Gasteiger partial charge < -0.3 is 20.5 Å². The average Bonchev–Trinajstić information content (AvgIpc) is 3.22. The number of carbonyl (C=O) groups is 1. The van der Waals surface area contributed by atoms with Crippen molar-refractivity contribution in [1.29, 1.82) is 0 Å².